The number of primary amides is 1. The molecule has 1 atom stereocenters. The SMILES string of the molecule is NC(=O)c1ccc(CNC(=O)CC(N)Cc2ccccc2F)cc1. The van der Waals surface area contributed by atoms with E-state index in [1.54, 1.807) is 42.5 Å². The average Bonchev–Trinajstić information content (AvgIpc) is 2.55. The maximum Gasteiger partial charge on any atom is 0.248 e. The summed E-state index contributed by atoms with van der Waals surface area (Å²) in [4.78, 5) is 22.9. The minimum atomic E-state index is -0.496. The predicted molar refractivity (Wildman–Crippen MR) is 89.5 cm³/mol. The third-order valence-corrected chi connectivity index (χ3v) is 3.62. The van der Waals surface area contributed by atoms with Crippen LogP contribution in [0.3, 0.4) is 0 Å². The Labute approximate surface area is 139 Å². The molecule has 0 aromatic heterocycles. The third kappa shape index (κ3) is 5.17. The molecule has 0 aliphatic carbocycles. The zero-order chi connectivity index (χ0) is 17.5. The van der Waals surface area contributed by atoms with E-state index in [9.17, 15) is 14.0 Å². The summed E-state index contributed by atoms with van der Waals surface area (Å²) in [5.41, 5.74) is 12.8. The van der Waals surface area contributed by atoms with Crippen LogP contribution in [0.2, 0.25) is 0 Å². The maximum atomic E-state index is 13.6. The molecule has 24 heavy (non-hydrogen) atoms. The molecule has 0 spiro atoms. The smallest absolute Gasteiger partial charge is 0.248 e. The fourth-order valence-corrected chi connectivity index (χ4v) is 2.32. The van der Waals surface area contributed by atoms with Gasteiger partial charge in [-0.1, -0.05) is 30.3 Å². The Bertz CT molecular complexity index is 716. The molecule has 0 saturated heterocycles. The van der Waals surface area contributed by atoms with Gasteiger partial charge in [-0.15, -0.1) is 0 Å². The molecule has 1 unspecified atom stereocenters. The molecule has 0 radical (unpaired) electrons. The standard InChI is InChI=1S/C18H20FN3O2/c19-16-4-2-1-3-14(16)9-15(20)10-17(23)22-11-12-5-7-13(8-6-12)18(21)24/h1-8,15H,9-11,20H2,(H2,21,24)(H,22,23). The fraction of sp³-hybridized carbons (Fsp3) is 0.222. The van der Waals surface area contributed by atoms with Crippen LogP contribution in [0, 0.1) is 5.82 Å². The van der Waals surface area contributed by atoms with Crippen molar-refractivity contribution in [2.45, 2.75) is 25.4 Å². The number of hydrogen-bond donors (Lipinski definition) is 3. The number of carbonyl (C=O) groups is 2. The summed E-state index contributed by atoms with van der Waals surface area (Å²) in [7, 11) is 0. The minimum absolute atomic E-state index is 0.105. The molecule has 0 aliphatic rings. The summed E-state index contributed by atoms with van der Waals surface area (Å²) in [5, 5.41) is 2.75. The van der Waals surface area contributed by atoms with Crippen LogP contribution in [-0.4, -0.2) is 17.9 Å². The van der Waals surface area contributed by atoms with Gasteiger partial charge in [0, 0.05) is 24.6 Å². The molecule has 0 bridgehead atoms. The van der Waals surface area contributed by atoms with Crippen molar-refractivity contribution in [2.24, 2.45) is 11.5 Å². The zero-order valence-corrected chi connectivity index (χ0v) is 13.2. The van der Waals surface area contributed by atoms with Gasteiger partial charge in [-0.25, -0.2) is 4.39 Å². The van der Waals surface area contributed by atoms with Gasteiger partial charge in [0.1, 0.15) is 5.82 Å². The Morgan fingerprint density at radius 2 is 1.75 bits per heavy atom. The van der Waals surface area contributed by atoms with E-state index in [1.807, 2.05) is 0 Å². The summed E-state index contributed by atoms with van der Waals surface area (Å²) in [6.07, 6.45) is 0.404. The first-order valence-corrected chi connectivity index (χ1v) is 7.60. The van der Waals surface area contributed by atoms with Gasteiger partial charge in [0.25, 0.3) is 0 Å². The van der Waals surface area contributed by atoms with Crippen LogP contribution in [0.25, 0.3) is 0 Å². The van der Waals surface area contributed by atoms with Gasteiger partial charge in [0.05, 0.1) is 0 Å². The highest BCUT2D eigenvalue weighted by atomic mass is 19.1. The van der Waals surface area contributed by atoms with E-state index in [-0.39, 0.29) is 18.1 Å². The normalized spacial score (nSPS) is 11.8. The van der Waals surface area contributed by atoms with E-state index in [1.165, 1.54) is 6.07 Å². The Hall–Kier alpha value is -2.73. The number of carbonyl (C=O) groups excluding carboxylic acids is 2. The number of hydrogen-bond acceptors (Lipinski definition) is 3. The van der Waals surface area contributed by atoms with Crippen LogP contribution in [0.1, 0.15) is 27.9 Å². The van der Waals surface area contributed by atoms with E-state index in [0.29, 0.717) is 24.1 Å². The van der Waals surface area contributed by atoms with E-state index in [2.05, 4.69) is 5.32 Å². The summed E-state index contributed by atoms with van der Waals surface area (Å²) >= 11 is 0. The second-order valence-electron chi connectivity index (χ2n) is 5.60. The second kappa shape index (κ2) is 8.21. The maximum absolute atomic E-state index is 13.6. The van der Waals surface area contributed by atoms with Gasteiger partial charge in [-0.05, 0) is 35.7 Å². The number of benzene rings is 2. The van der Waals surface area contributed by atoms with Crippen molar-refractivity contribution in [3.05, 3.63) is 71.0 Å². The molecular weight excluding hydrogens is 309 g/mol. The molecule has 5 N–H and O–H groups in total. The molecule has 6 heteroatoms. The van der Waals surface area contributed by atoms with Crippen molar-refractivity contribution in [3.63, 3.8) is 0 Å². The van der Waals surface area contributed by atoms with Crippen LogP contribution < -0.4 is 16.8 Å². The summed E-state index contributed by atoms with van der Waals surface area (Å²) in [5.74, 6) is -1.02. The zero-order valence-electron chi connectivity index (χ0n) is 13.2. The minimum Gasteiger partial charge on any atom is -0.366 e. The number of nitrogens with one attached hydrogen (secondary N) is 1. The summed E-state index contributed by atoms with van der Waals surface area (Å²) in [6, 6.07) is 12.6. The molecule has 0 saturated carbocycles. The van der Waals surface area contributed by atoms with Gasteiger partial charge in [0.2, 0.25) is 11.8 Å². The molecular formula is C18H20FN3O2. The van der Waals surface area contributed by atoms with Gasteiger partial charge in [-0.3, -0.25) is 9.59 Å². The number of rotatable bonds is 7. The van der Waals surface area contributed by atoms with Crippen molar-refractivity contribution in [2.75, 3.05) is 0 Å². The van der Waals surface area contributed by atoms with E-state index in [4.69, 9.17) is 11.5 Å². The van der Waals surface area contributed by atoms with Gasteiger partial charge in [-0.2, -0.15) is 0 Å². The summed E-state index contributed by atoms with van der Waals surface area (Å²) < 4.78 is 13.6. The fourth-order valence-electron chi connectivity index (χ4n) is 2.32. The molecule has 2 aromatic rings. The van der Waals surface area contributed by atoms with Crippen molar-refractivity contribution >= 4 is 11.8 Å². The van der Waals surface area contributed by atoms with Crippen LogP contribution >= 0.6 is 0 Å². The second-order valence-corrected chi connectivity index (χ2v) is 5.60. The van der Waals surface area contributed by atoms with E-state index >= 15 is 0 Å². The molecule has 0 heterocycles. The first-order chi connectivity index (χ1) is 11.5. The highest BCUT2D eigenvalue weighted by Crippen LogP contribution is 2.10. The third-order valence-electron chi connectivity index (χ3n) is 3.62. The molecule has 0 fully saturated rings. The molecule has 2 aromatic carbocycles. The first-order valence-electron chi connectivity index (χ1n) is 7.60. The van der Waals surface area contributed by atoms with Crippen LogP contribution in [0.15, 0.2) is 48.5 Å². The number of halogens is 1. The van der Waals surface area contributed by atoms with Gasteiger partial charge >= 0.3 is 0 Å². The number of nitrogens with two attached hydrogens (primary N) is 2. The summed E-state index contributed by atoms with van der Waals surface area (Å²) in [6.45, 7) is 0.324. The van der Waals surface area contributed by atoms with E-state index < -0.39 is 11.9 Å². The largest absolute Gasteiger partial charge is 0.366 e. The van der Waals surface area contributed by atoms with Gasteiger partial charge in [0.15, 0.2) is 0 Å². The molecule has 126 valence electrons. The van der Waals surface area contributed by atoms with Crippen LogP contribution in [0.4, 0.5) is 4.39 Å². The Morgan fingerprint density at radius 1 is 1.08 bits per heavy atom. The lowest BCUT2D eigenvalue weighted by molar-refractivity contribution is -0.121. The highest BCUT2D eigenvalue weighted by Gasteiger charge is 2.12. The molecule has 2 amide bonds. The Balaban J connectivity index is 1.80. The quantitative estimate of drug-likeness (QED) is 0.718. The first kappa shape index (κ1) is 17.6. The van der Waals surface area contributed by atoms with Crippen LogP contribution in [0.5, 0.6) is 0 Å². The lowest BCUT2D eigenvalue weighted by atomic mass is 10.0. The monoisotopic (exact) mass is 329 g/mol. The van der Waals surface area contributed by atoms with Crippen LogP contribution in [-0.2, 0) is 17.8 Å². The van der Waals surface area contributed by atoms with Crippen molar-refractivity contribution in [1.82, 2.24) is 5.32 Å². The van der Waals surface area contributed by atoms with Crippen molar-refractivity contribution in [1.29, 1.82) is 0 Å². The Kier molecular flexibility index (Phi) is 6.03. The number of amides is 2. The molecule has 2 rings (SSSR count). The lowest BCUT2D eigenvalue weighted by Crippen LogP contribution is -2.33. The highest BCUT2D eigenvalue weighted by molar-refractivity contribution is 5.92. The topological polar surface area (TPSA) is 98.2 Å². The predicted octanol–water partition coefficient (Wildman–Crippen LogP) is 1.50. The Morgan fingerprint density at radius 3 is 2.38 bits per heavy atom. The van der Waals surface area contributed by atoms with E-state index in [0.717, 1.165) is 5.56 Å². The molecule has 0 aliphatic heterocycles. The molecule has 5 nitrogen and oxygen atoms in total. The van der Waals surface area contributed by atoms with Crippen molar-refractivity contribution < 1.29 is 14.0 Å². The van der Waals surface area contributed by atoms with Crippen molar-refractivity contribution in [3.8, 4) is 0 Å². The van der Waals surface area contributed by atoms with Gasteiger partial charge < -0.3 is 16.8 Å². The average molecular weight is 329 g/mol. The lowest BCUT2D eigenvalue weighted by Gasteiger charge is -2.12.